The molecule has 34 heavy (non-hydrogen) atoms. The maximum Gasteiger partial charge on any atom is 0.320 e. The zero-order valence-corrected chi connectivity index (χ0v) is 19.2. The molecule has 1 saturated heterocycles. The van der Waals surface area contributed by atoms with Gasteiger partial charge in [0.15, 0.2) is 23.7 Å². The lowest BCUT2D eigenvalue weighted by Crippen LogP contribution is -2.43. The predicted octanol–water partition coefficient (Wildman–Crippen LogP) is -2.78. The third kappa shape index (κ3) is 6.40. The van der Waals surface area contributed by atoms with E-state index < -0.39 is 36.6 Å². The molecule has 3 rings (SSSR count). The number of fused-ring (bicyclic) bond motifs is 1. The van der Waals surface area contributed by atoms with Crippen LogP contribution in [-0.4, -0.2) is 102 Å². The van der Waals surface area contributed by atoms with Crippen LogP contribution >= 0.6 is 12.4 Å². The molecular weight excluding hydrogens is 472 g/mol. The number of rotatable bonds is 11. The van der Waals surface area contributed by atoms with Crippen LogP contribution in [0.5, 0.6) is 0 Å². The van der Waals surface area contributed by atoms with Crippen LogP contribution in [0.3, 0.4) is 0 Å². The molecule has 2 aromatic rings. The molecule has 0 amide bonds. The summed E-state index contributed by atoms with van der Waals surface area (Å²) in [5.41, 5.74) is 22.9. The molecule has 15 nitrogen and oxygen atoms in total. The Hall–Kier alpha value is -2.82. The van der Waals surface area contributed by atoms with Crippen LogP contribution in [0.1, 0.15) is 19.1 Å². The van der Waals surface area contributed by atoms with Gasteiger partial charge in [-0.1, -0.05) is 0 Å². The number of carbonyl (C=O) groups is 1. The van der Waals surface area contributed by atoms with Gasteiger partial charge in [-0.3, -0.25) is 14.4 Å². The Morgan fingerprint density at radius 2 is 1.97 bits per heavy atom. The summed E-state index contributed by atoms with van der Waals surface area (Å²) in [7, 11) is 0. The van der Waals surface area contributed by atoms with E-state index in [0.29, 0.717) is 37.2 Å². The van der Waals surface area contributed by atoms with Crippen molar-refractivity contribution in [2.75, 3.05) is 31.9 Å². The Kier molecular flexibility index (Phi) is 9.72. The molecule has 0 aliphatic carbocycles. The van der Waals surface area contributed by atoms with Crippen molar-refractivity contribution >= 4 is 41.3 Å². The van der Waals surface area contributed by atoms with Gasteiger partial charge in [-0.05, 0) is 12.8 Å². The number of hydrogen-bond donors (Lipinski definition) is 7. The molecule has 0 bridgehead atoms. The molecule has 1 aliphatic heterocycles. The Bertz CT molecular complexity index is 987. The SMILES string of the molecule is Cl.NC(N)=NCCCN(CC[C@H](N)C(=O)O)C[C@H]1O[C@@H](n2cnc3c(N)ncnc32)[C@H](O)[C@@H]1O. The molecule has 0 unspecified atom stereocenters. The lowest BCUT2D eigenvalue weighted by molar-refractivity contribution is -0.138. The maximum atomic E-state index is 11.1. The maximum absolute atomic E-state index is 11.1. The summed E-state index contributed by atoms with van der Waals surface area (Å²) in [4.78, 5) is 29.1. The monoisotopic (exact) mass is 502 g/mol. The topological polar surface area (TPSA) is 250 Å². The molecular formula is C18H31ClN10O5. The van der Waals surface area contributed by atoms with Crippen molar-refractivity contribution < 1.29 is 24.9 Å². The van der Waals surface area contributed by atoms with Gasteiger partial charge in [0.25, 0.3) is 0 Å². The second kappa shape index (κ2) is 12.0. The Morgan fingerprint density at radius 1 is 1.24 bits per heavy atom. The van der Waals surface area contributed by atoms with E-state index in [0.717, 1.165) is 0 Å². The standard InChI is InChI=1S/C18H30N10O5.ClH/c19-9(17(31)32)2-5-27(4-1-3-23-18(21)22)6-10-12(29)13(30)16(33-10)28-8-26-11-14(20)24-7-25-15(11)28;/h7-10,12-13,16,29-30H,1-6,19H2,(H,31,32)(H2,20,24,25)(H4,21,22,23);1H/t9-,10+,12+,13+,16+;/m0./s1. The average Bonchev–Trinajstić information content (AvgIpc) is 3.31. The van der Waals surface area contributed by atoms with Crippen molar-refractivity contribution in [1.29, 1.82) is 0 Å². The molecule has 0 aromatic carbocycles. The van der Waals surface area contributed by atoms with Crippen LogP contribution < -0.4 is 22.9 Å². The number of nitrogens with zero attached hydrogens (tertiary/aromatic N) is 6. The fourth-order valence-electron chi connectivity index (χ4n) is 3.66. The first kappa shape index (κ1) is 27.4. The predicted molar refractivity (Wildman–Crippen MR) is 125 cm³/mol. The van der Waals surface area contributed by atoms with Crippen molar-refractivity contribution in [3.05, 3.63) is 12.7 Å². The van der Waals surface area contributed by atoms with Gasteiger partial charge in [0.2, 0.25) is 0 Å². The molecule has 2 aromatic heterocycles. The van der Waals surface area contributed by atoms with Crippen LogP contribution in [0.15, 0.2) is 17.6 Å². The van der Waals surface area contributed by atoms with E-state index in [1.54, 1.807) is 0 Å². The number of halogens is 1. The summed E-state index contributed by atoms with van der Waals surface area (Å²) < 4.78 is 7.46. The molecule has 5 atom stereocenters. The number of imidazole rings is 1. The van der Waals surface area contributed by atoms with Gasteiger partial charge in [0, 0.05) is 26.2 Å². The van der Waals surface area contributed by atoms with E-state index in [1.165, 1.54) is 17.2 Å². The number of aromatic nitrogens is 4. The van der Waals surface area contributed by atoms with E-state index in [1.807, 2.05) is 4.90 Å². The Morgan fingerprint density at radius 3 is 2.65 bits per heavy atom. The molecule has 3 heterocycles. The molecule has 1 fully saturated rings. The highest BCUT2D eigenvalue weighted by Gasteiger charge is 2.44. The van der Waals surface area contributed by atoms with Crippen molar-refractivity contribution in [2.45, 2.75) is 43.4 Å². The van der Waals surface area contributed by atoms with Crippen LogP contribution in [0.25, 0.3) is 11.2 Å². The van der Waals surface area contributed by atoms with Crippen LogP contribution in [0, 0.1) is 0 Å². The fourth-order valence-corrected chi connectivity index (χ4v) is 3.66. The molecule has 0 spiro atoms. The Labute approximate surface area is 201 Å². The number of nitrogens with two attached hydrogens (primary N) is 4. The molecule has 190 valence electrons. The minimum atomic E-state index is -1.26. The van der Waals surface area contributed by atoms with Gasteiger partial charge in [-0.15, -0.1) is 12.4 Å². The number of aliphatic imine (C=N–C) groups is 1. The number of carboxylic acids is 1. The van der Waals surface area contributed by atoms with E-state index in [9.17, 15) is 15.0 Å². The van der Waals surface area contributed by atoms with Gasteiger partial charge >= 0.3 is 5.97 Å². The molecule has 0 radical (unpaired) electrons. The highest BCUT2D eigenvalue weighted by molar-refractivity contribution is 5.85. The van der Waals surface area contributed by atoms with Gasteiger partial charge < -0.3 is 47.9 Å². The number of hydrogen-bond acceptors (Lipinski definition) is 11. The number of aliphatic hydroxyl groups excluding tert-OH is 2. The summed E-state index contributed by atoms with van der Waals surface area (Å²) in [6.45, 7) is 1.42. The van der Waals surface area contributed by atoms with Gasteiger partial charge in [-0.25, -0.2) is 15.0 Å². The number of nitrogen functional groups attached to an aromatic ring is 1. The lowest BCUT2D eigenvalue weighted by Gasteiger charge is -2.27. The first-order valence-corrected chi connectivity index (χ1v) is 10.4. The highest BCUT2D eigenvalue weighted by Crippen LogP contribution is 2.32. The summed E-state index contributed by atoms with van der Waals surface area (Å²) >= 11 is 0. The summed E-state index contributed by atoms with van der Waals surface area (Å²) in [6.07, 6.45) is -0.730. The van der Waals surface area contributed by atoms with Gasteiger partial charge in [0.05, 0.1) is 6.33 Å². The van der Waals surface area contributed by atoms with E-state index in [-0.39, 0.29) is 37.2 Å². The van der Waals surface area contributed by atoms with Gasteiger partial charge in [0.1, 0.15) is 36.2 Å². The number of anilines is 1. The van der Waals surface area contributed by atoms with Gasteiger partial charge in [-0.2, -0.15) is 0 Å². The van der Waals surface area contributed by atoms with Crippen molar-refractivity contribution in [1.82, 2.24) is 24.4 Å². The first-order valence-electron chi connectivity index (χ1n) is 10.4. The van der Waals surface area contributed by atoms with Crippen molar-refractivity contribution in [3.8, 4) is 0 Å². The largest absolute Gasteiger partial charge is 0.480 e. The molecule has 0 saturated carbocycles. The van der Waals surface area contributed by atoms with E-state index >= 15 is 0 Å². The van der Waals surface area contributed by atoms with Crippen molar-refractivity contribution in [3.63, 3.8) is 0 Å². The quantitative estimate of drug-likeness (QED) is 0.0932. The number of ether oxygens (including phenoxy) is 1. The van der Waals surface area contributed by atoms with Crippen LogP contribution in [-0.2, 0) is 9.53 Å². The zero-order valence-electron chi connectivity index (χ0n) is 18.3. The van der Waals surface area contributed by atoms with E-state index in [4.69, 9.17) is 32.8 Å². The molecule has 11 N–H and O–H groups in total. The fraction of sp³-hybridized carbons (Fsp3) is 0.611. The normalized spacial score (nSPS) is 23.1. The minimum absolute atomic E-state index is 0. The third-order valence-electron chi connectivity index (χ3n) is 5.44. The smallest absolute Gasteiger partial charge is 0.320 e. The second-order valence-electron chi connectivity index (χ2n) is 7.82. The number of aliphatic hydroxyl groups is 2. The van der Waals surface area contributed by atoms with Crippen LogP contribution in [0.2, 0.25) is 0 Å². The minimum Gasteiger partial charge on any atom is -0.480 e. The van der Waals surface area contributed by atoms with Crippen molar-refractivity contribution in [2.24, 2.45) is 22.2 Å². The van der Waals surface area contributed by atoms with E-state index in [2.05, 4.69) is 19.9 Å². The first-order chi connectivity index (χ1) is 15.7. The third-order valence-corrected chi connectivity index (χ3v) is 5.44. The number of guanidine groups is 1. The highest BCUT2D eigenvalue weighted by atomic mass is 35.5. The zero-order chi connectivity index (χ0) is 24.1. The second-order valence-corrected chi connectivity index (χ2v) is 7.82. The Balaban J connectivity index is 0.00000408. The average molecular weight is 503 g/mol. The number of carboxylic acid groups (broad SMARTS) is 1. The molecule has 16 heteroatoms. The summed E-state index contributed by atoms with van der Waals surface area (Å²) in [5, 5.41) is 30.4. The summed E-state index contributed by atoms with van der Waals surface area (Å²) in [6, 6.07) is -1.03. The van der Waals surface area contributed by atoms with Crippen LogP contribution in [0.4, 0.5) is 5.82 Å². The number of aliphatic carboxylic acids is 1. The molecule has 1 aliphatic rings. The lowest BCUT2D eigenvalue weighted by atomic mass is 10.1. The summed E-state index contributed by atoms with van der Waals surface area (Å²) in [5.74, 6) is -0.937.